The number of hydrogen-bond acceptors (Lipinski definition) is 6. The molecule has 3 amide bonds. The maximum Gasteiger partial charge on any atom is 0.246 e. The lowest BCUT2D eigenvalue weighted by molar-refractivity contribution is -0.142. The first-order chi connectivity index (χ1) is 19.3. The summed E-state index contributed by atoms with van der Waals surface area (Å²) in [7, 11) is 0. The summed E-state index contributed by atoms with van der Waals surface area (Å²) < 4.78 is 12.0. The second kappa shape index (κ2) is 10.9. The van der Waals surface area contributed by atoms with E-state index < -0.39 is 29.6 Å². The number of nitrogens with zero attached hydrogens (tertiary/aromatic N) is 2. The van der Waals surface area contributed by atoms with Crippen LogP contribution in [0.25, 0.3) is 0 Å². The maximum atomic E-state index is 14.2. The lowest BCUT2D eigenvalue weighted by atomic mass is 9.73. The van der Waals surface area contributed by atoms with Crippen molar-refractivity contribution >= 4 is 23.4 Å². The van der Waals surface area contributed by atoms with Gasteiger partial charge in [0.1, 0.15) is 11.6 Å². The molecule has 5 aliphatic rings. The monoisotopic (exact) mass is 550 g/mol. The zero-order valence-electron chi connectivity index (χ0n) is 23.8. The van der Waals surface area contributed by atoms with Gasteiger partial charge in [-0.25, -0.2) is 0 Å². The van der Waals surface area contributed by atoms with Gasteiger partial charge in [0.05, 0.1) is 31.2 Å². The van der Waals surface area contributed by atoms with Crippen molar-refractivity contribution in [3.05, 3.63) is 42.0 Å². The van der Waals surface area contributed by atoms with Crippen molar-refractivity contribution in [2.75, 3.05) is 44.7 Å². The van der Waals surface area contributed by atoms with Crippen molar-refractivity contribution in [1.29, 1.82) is 0 Å². The van der Waals surface area contributed by atoms with Crippen LogP contribution in [0.1, 0.15) is 38.7 Å². The number of carbonyl (C=O) groups is 3. The number of anilines is 1. The third-order valence-electron chi connectivity index (χ3n) is 10.0. The average molecular weight is 551 g/mol. The second-order valence-corrected chi connectivity index (χ2v) is 12.4. The normalized spacial score (nSPS) is 37.0. The van der Waals surface area contributed by atoms with Gasteiger partial charge in [-0.3, -0.25) is 19.3 Å². The Hall–Kier alpha value is -2.75. The molecule has 4 fully saturated rings. The molecule has 3 saturated heterocycles. The van der Waals surface area contributed by atoms with E-state index in [0.29, 0.717) is 43.8 Å². The summed E-state index contributed by atoms with van der Waals surface area (Å²) in [6.07, 6.45) is 6.41. The molecule has 40 heavy (non-hydrogen) atoms. The average Bonchev–Trinajstić information content (AvgIpc) is 3.58. The fourth-order valence-corrected chi connectivity index (χ4v) is 7.58. The molecule has 4 aliphatic heterocycles. The van der Waals surface area contributed by atoms with Crippen LogP contribution in [0.2, 0.25) is 0 Å². The Morgan fingerprint density at radius 3 is 2.67 bits per heavy atom. The molecule has 8 atom stereocenters. The van der Waals surface area contributed by atoms with Crippen LogP contribution in [-0.4, -0.2) is 90.7 Å². The highest BCUT2D eigenvalue weighted by molar-refractivity contribution is 6.02. The summed E-state index contributed by atoms with van der Waals surface area (Å²) in [5, 5.41) is 6.34. The number of ether oxygens (including phenoxy) is 2. The minimum Gasteiger partial charge on any atom is -0.379 e. The number of hydrogen-bond donors (Lipinski definition) is 2. The topological polar surface area (TPSA) is 100 Å². The zero-order chi connectivity index (χ0) is 28.0. The lowest BCUT2D eigenvalue weighted by Gasteiger charge is -2.38. The van der Waals surface area contributed by atoms with Gasteiger partial charge >= 0.3 is 0 Å². The predicted octanol–water partition coefficient (Wildman–Crippen LogP) is 2.36. The third kappa shape index (κ3) is 4.76. The molecule has 9 nitrogen and oxygen atoms in total. The minimum atomic E-state index is -1.14. The number of morpholine rings is 1. The summed E-state index contributed by atoms with van der Waals surface area (Å²) in [4.78, 5) is 46.0. The van der Waals surface area contributed by atoms with E-state index in [0.717, 1.165) is 31.5 Å². The van der Waals surface area contributed by atoms with E-state index in [-0.39, 0.29) is 23.8 Å². The number of carbonyl (C=O) groups excluding carboxylic acids is 3. The number of rotatable bonds is 7. The fraction of sp³-hybridized carbons (Fsp3) is 0.645. The van der Waals surface area contributed by atoms with Crippen molar-refractivity contribution in [1.82, 2.24) is 15.1 Å². The summed E-state index contributed by atoms with van der Waals surface area (Å²) in [6, 6.07) is 6.87. The quantitative estimate of drug-likeness (QED) is 0.506. The van der Waals surface area contributed by atoms with Gasteiger partial charge in [-0.05, 0) is 42.9 Å². The highest BCUT2D eigenvalue weighted by Crippen LogP contribution is 2.55. The van der Waals surface area contributed by atoms with Crippen LogP contribution in [0.5, 0.6) is 0 Å². The Balaban J connectivity index is 1.27. The fourth-order valence-electron chi connectivity index (χ4n) is 7.58. The summed E-state index contributed by atoms with van der Waals surface area (Å²) in [6.45, 7) is 10.4. The molecule has 1 saturated carbocycles. The van der Waals surface area contributed by atoms with Crippen LogP contribution in [0.15, 0.2) is 36.4 Å². The first-order valence-corrected chi connectivity index (χ1v) is 14.9. The molecule has 0 aromatic heterocycles. The van der Waals surface area contributed by atoms with E-state index in [1.165, 1.54) is 6.42 Å². The summed E-state index contributed by atoms with van der Waals surface area (Å²) >= 11 is 0. The van der Waals surface area contributed by atoms with E-state index in [9.17, 15) is 14.4 Å². The van der Waals surface area contributed by atoms with Gasteiger partial charge in [0, 0.05) is 37.9 Å². The van der Waals surface area contributed by atoms with E-state index in [1.54, 1.807) is 4.90 Å². The molecule has 0 radical (unpaired) electrons. The van der Waals surface area contributed by atoms with E-state index in [1.807, 2.05) is 43.3 Å². The smallest absolute Gasteiger partial charge is 0.246 e. The van der Waals surface area contributed by atoms with Gasteiger partial charge in [0.2, 0.25) is 17.7 Å². The van der Waals surface area contributed by atoms with E-state index >= 15 is 0 Å². The maximum absolute atomic E-state index is 14.2. The minimum absolute atomic E-state index is 0.0610. The van der Waals surface area contributed by atoms with Gasteiger partial charge in [0.15, 0.2) is 0 Å². The Labute approximate surface area is 236 Å². The molecule has 2 bridgehead atoms. The lowest BCUT2D eigenvalue weighted by Crippen LogP contribution is -2.58. The molecule has 0 unspecified atom stereocenters. The van der Waals surface area contributed by atoms with E-state index in [2.05, 4.69) is 29.4 Å². The molecule has 4 heterocycles. The largest absolute Gasteiger partial charge is 0.379 e. The van der Waals surface area contributed by atoms with Gasteiger partial charge in [-0.15, -0.1) is 0 Å². The van der Waals surface area contributed by atoms with Crippen molar-refractivity contribution in [2.24, 2.45) is 23.7 Å². The number of aryl methyl sites for hydroxylation is 1. The third-order valence-corrected chi connectivity index (χ3v) is 10.0. The SMILES string of the molecule is Cc1cccc(NC(=O)[C@H]2[C@H]3C=C[C@@]4(O3)[C@H]2C(=O)N(CCN2CCOCC2)[C@@H]4C(=O)N[C@@H]2CCC[C@@H](C)[C@H]2C)c1. The van der Waals surface area contributed by atoms with Crippen molar-refractivity contribution in [3.8, 4) is 0 Å². The van der Waals surface area contributed by atoms with Gasteiger partial charge in [0.25, 0.3) is 0 Å². The molecule has 216 valence electrons. The standard InChI is InChI=1S/C31H42N4O5/c1-19-6-4-8-22(18-19)32-28(36)25-24-10-11-31(40-24)26(25)30(38)35(13-12-34-14-16-39-17-15-34)27(31)29(37)33-23-9-5-7-20(2)21(23)3/h4,6,8,10-11,18,20-21,23-27H,5,7,9,12-17H2,1-3H3,(H,32,36)(H,33,37)/t20-,21-,23-,24-,25+,26-,27-,31-/m1/s1. The first kappa shape index (κ1) is 27.4. The molecule has 6 rings (SSSR count). The number of amides is 3. The Kier molecular flexibility index (Phi) is 7.48. The van der Waals surface area contributed by atoms with Crippen LogP contribution in [0.3, 0.4) is 0 Å². The number of likely N-dealkylation sites (tertiary alicyclic amines) is 1. The number of benzene rings is 1. The molecule has 9 heteroatoms. The molecule has 1 aliphatic carbocycles. The Bertz CT molecular complexity index is 1180. The van der Waals surface area contributed by atoms with Crippen LogP contribution in [0, 0.1) is 30.6 Å². The predicted molar refractivity (Wildman–Crippen MR) is 150 cm³/mol. The van der Waals surface area contributed by atoms with Gasteiger partial charge in [-0.1, -0.05) is 51.0 Å². The first-order valence-electron chi connectivity index (χ1n) is 14.9. The van der Waals surface area contributed by atoms with Crippen LogP contribution >= 0.6 is 0 Å². The highest BCUT2D eigenvalue weighted by atomic mass is 16.5. The Morgan fingerprint density at radius 2 is 1.90 bits per heavy atom. The molecular formula is C31H42N4O5. The van der Waals surface area contributed by atoms with Crippen molar-refractivity contribution < 1.29 is 23.9 Å². The molecule has 1 aromatic rings. The number of fused-ring (bicyclic) bond motifs is 1. The molecule has 2 N–H and O–H groups in total. The van der Waals surface area contributed by atoms with Crippen molar-refractivity contribution in [2.45, 2.75) is 63.8 Å². The van der Waals surface area contributed by atoms with Crippen LogP contribution in [0.4, 0.5) is 5.69 Å². The molecule has 1 spiro atoms. The highest BCUT2D eigenvalue weighted by Gasteiger charge is 2.72. The zero-order valence-corrected chi connectivity index (χ0v) is 23.8. The van der Waals surface area contributed by atoms with Crippen molar-refractivity contribution in [3.63, 3.8) is 0 Å². The molecule has 1 aromatic carbocycles. The van der Waals surface area contributed by atoms with Gasteiger partial charge < -0.3 is 25.0 Å². The molecular weight excluding hydrogens is 508 g/mol. The van der Waals surface area contributed by atoms with E-state index in [4.69, 9.17) is 9.47 Å². The summed E-state index contributed by atoms with van der Waals surface area (Å²) in [5.74, 6) is -1.15. The Morgan fingerprint density at radius 1 is 1.10 bits per heavy atom. The van der Waals surface area contributed by atoms with Crippen LogP contribution < -0.4 is 10.6 Å². The number of nitrogens with one attached hydrogen (secondary N) is 2. The summed E-state index contributed by atoms with van der Waals surface area (Å²) in [5.41, 5.74) is 0.581. The van der Waals surface area contributed by atoms with Crippen LogP contribution in [-0.2, 0) is 23.9 Å². The van der Waals surface area contributed by atoms with Gasteiger partial charge in [-0.2, -0.15) is 0 Å². The second-order valence-electron chi connectivity index (χ2n) is 12.4.